The van der Waals surface area contributed by atoms with E-state index in [0.29, 0.717) is 11.8 Å². The van der Waals surface area contributed by atoms with E-state index in [2.05, 4.69) is 52.5 Å². The van der Waals surface area contributed by atoms with E-state index in [-0.39, 0.29) is 0 Å². The van der Waals surface area contributed by atoms with Crippen molar-refractivity contribution in [3.05, 3.63) is 58.9 Å². The number of methoxy groups -OCH3 is 1. The molecule has 4 nitrogen and oxygen atoms in total. The molecule has 2 heterocycles. The van der Waals surface area contributed by atoms with E-state index >= 15 is 0 Å². The monoisotopic (exact) mass is 433 g/mol. The predicted octanol–water partition coefficient (Wildman–Crippen LogP) is 6.79. The van der Waals surface area contributed by atoms with Crippen molar-refractivity contribution in [2.75, 3.05) is 19.0 Å². The summed E-state index contributed by atoms with van der Waals surface area (Å²) in [5.41, 5.74) is 3.93. The number of rotatable bonds is 7. The zero-order chi connectivity index (χ0) is 21.2. The first-order valence-electron chi connectivity index (χ1n) is 11.5. The summed E-state index contributed by atoms with van der Waals surface area (Å²) in [5, 5.41) is 4.90. The smallest absolute Gasteiger partial charge is 0.126 e. The highest BCUT2D eigenvalue weighted by Gasteiger charge is 2.27. The number of benzene rings is 1. The van der Waals surface area contributed by atoms with Crippen LogP contribution in [-0.2, 0) is 0 Å². The van der Waals surface area contributed by atoms with Gasteiger partial charge in [0.25, 0.3) is 0 Å². The number of ether oxygens (including phenoxy) is 1. The van der Waals surface area contributed by atoms with E-state index in [1.807, 2.05) is 23.7 Å². The number of nitrogens with zero attached hydrogens (tertiary/aromatic N) is 2. The quantitative estimate of drug-likeness (QED) is 0.446. The summed E-state index contributed by atoms with van der Waals surface area (Å²) in [6.45, 7) is 3.14. The fourth-order valence-corrected chi connectivity index (χ4v) is 5.81. The molecule has 2 aliphatic carbocycles. The van der Waals surface area contributed by atoms with Gasteiger partial charge in [0.15, 0.2) is 0 Å². The first-order valence-corrected chi connectivity index (χ1v) is 12.3. The van der Waals surface area contributed by atoms with Crippen molar-refractivity contribution >= 4 is 17.2 Å². The Morgan fingerprint density at radius 2 is 1.81 bits per heavy atom. The Balaban J connectivity index is 1.15. The Labute approximate surface area is 189 Å². The molecule has 0 atom stereocenters. The maximum atomic E-state index is 5.41. The van der Waals surface area contributed by atoms with Crippen LogP contribution in [0.4, 0.5) is 5.82 Å². The van der Waals surface area contributed by atoms with E-state index < -0.39 is 0 Å². The van der Waals surface area contributed by atoms with Crippen molar-refractivity contribution in [1.82, 2.24) is 9.97 Å². The second-order valence-electron chi connectivity index (χ2n) is 9.09. The number of anilines is 1. The molecule has 0 radical (unpaired) electrons. The molecule has 5 rings (SSSR count). The SMILES string of the molecule is COc1ccc(C2CCC(CNc3cc(-c4cnc(C5CC5)s4)ccn3)CC2)cc1C. The molecule has 0 saturated heterocycles. The van der Waals surface area contributed by atoms with Crippen LogP contribution in [0.1, 0.15) is 66.5 Å². The van der Waals surface area contributed by atoms with Crippen LogP contribution in [0.2, 0.25) is 0 Å². The largest absolute Gasteiger partial charge is 0.496 e. The molecule has 162 valence electrons. The van der Waals surface area contributed by atoms with Gasteiger partial charge >= 0.3 is 0 Å². The van der Waals surface area contributed by atoms with Gasteiger partial charge in [-0.15, -0.1) is 11.3 Å². The van der Waals surface area contributed by atoms with E-state index in [0.717, 1.165) is 24.0 Å². The van der Waals surface area contributed by atoms with Crippen molar-refractivity contribution in [2.45, 2.75) is 57.3 Å². The molecule has 0 unspecified atom stereocenters. The summed E-state index contributed by atoms with van der Waals surface area (Å²) in [6.07, 6.45) is 11.6. The Hall–Kier alpha value is -2.40. The summed E-state index contributed by atoms with van der Waals surface area (Å²) in [7, 11) is 1.74. The van der Waals surface area contributed by atoms with Crippen molar-refractivity contribution < 1.29 is 4.74 Å². The molecule has 0 aliphatic heterocycles. The molecule has 0 bridgehead atoms. The van der Waals surface area contributed by atoms with Gasteiger partial charge in [-0.25, -0.2) is 9.97 Å². The van der Waals surface area contributed by atoms with Crippen LogP contribution >= 0.6 is 11.3 Å². The second kappa shape index (κ2) is 8.99. The minimum Gasteiger partial charge on any atom is -0.496 e. The Bertz CT molecular complexity index is 1030. The van der Waals surface area contributed by atoms with Crippen molar-refractivity contribution in [1.29, 1.82) is 0 Å². The maximum Gasteiger partial charge on any atom is 0.126 e. The van der Waals surface area contributed by atoms with Crippen LogP contribution in [0.3, 0.4) is 0 Å². The van der Waals surface area contributed by atoms with Crippen LogP contribution in [0.25, 0.3) is 10.4 Å². The molecule has 1 aromatic carbocycles. The van der Waals surface area contributed by atoms with Gasteiger partial charge in [-0.05, 0) is 92.2 Å². The molecule has 2 aromatic heterocycles. The molecule has 0 spiro atoms. The van der Waals surface area contributed by atoms with Gasteiger partial charge in [0.05, 0.1) is 17.0 Å². The van der Waals surface area contributed by atoms with E-state index in [1.165, 1.54) is 65.1 Å². The fraction of sp³-hybridized carbons (Fsp3) is 0.462. The average molecular weight is 434 g/mol. The lowest BCUT2D eigenvalue weighted by atomic mass is 9.78. The topological polar surface area (TPSA) is 47.0 Å². The van der Waals surface area contributed by atoms with Crippen LogP contribution in [0, 0.1) is 12.8 Å². The second-order valence-corrected chi connectivity index (χ2v) is 10.2. The average Bonchev–Trinajstić information content (AvgIpc) is 3.54. The Morgan fingerprint density at radius 3 is 2.55 bits per heavy atom. The van der Waals surface area contributed by atoms with Gasteiger partial charge < -0.3 is 10.1 Å². The summed E-state index contributed by atoms with van der Waals surface area (Å²) >= 11 is 1.84. The molecule has 3 aromatic rings. The van der Waals surface area contributed by atoms with Gasteiger partial charge in [0.1, 0.15) is 11.6 Å². The lowest BCUT2D eigenvalue weighted by Gasteiger charge is -2.29. The van der Waals surface area contributed by atoms with Crippen LogP contribution in [0.15, 0.2) is 42.7 Å². The number of nitrogens with one attached hydrogen (secondary N) is 1. The molecule has 2 fully saturated rings. The summed E-state index contributed by atoms with van der Waals surface area (Å²) in [4.78, 5) is 10.4. The Morgan fingerprint density at radius 1 is 1.00 bits per heavy atom. The molecule has 1 N–H and O–H groups in total. The lowest BCUT2D eigenvalue weighted by Crippen LogP contribution is -2.21. The highest BCUT2D eigenvalue weighted by atomic mass is 32.1. The first kappa shape index (κ1) is 20.5. The van der Waals surface area contributed by atoms with Crippen LogP contribution in [0.5, 0.6) is 5.75 Å². The number of pyridine rings is 1. The van der Waals surface area contributed by atoms with Crippen molar-refractivity contribution in [3.8, 4) is 16.2 Å². The van der Waals surface area contributed by atoms with Gasteiger partial charge in [-0.1, -0.05) is 12.1 Å². The normalized spacial score (nSPS) is 21.1. The number of hydrogen-bond acceptors (Lipinski definition) is 5. The molecular formula is C26H31N3OS. The number of thiazole rings is 1. The van der Waals surface area contributed by atoms with E-state index in [9.17, 15) is 0 Å². The number of aromatic nitrogens is 2. The summed E-state index contributed by atoms with van der Waals surface area (Å²) in [5.74, 6) is 4.07. The maximum absolute atomic E-state index is 5.41. The first-order chi connectivity index (χ1) is 15.2. The van der Waals surface area contributed by atoms with Gasteiger partial charge in [0, 0.05) is 24.9 Å². The minimum absolute atomic E-state index is 0.675. The molecule has 5 heteroatoms. The summed E-state index contributed by atoms with van der Waals surface area (Å²) < 4.78 is 5.41. The standard InChI is InChI=1S/C26H31N3OS/c1-17-13-21(9-10-23(17)30-2)19-5-3-18(4-6-19)15-28-25-14-22(11-12-27-25)24-16-29-26(31-24)20-7-8-20/h9-14,16,18-20H,3-8,15H2,1-2H3,(H,27,28). The highest BCUT2D eigenvalue weighted by molar-refractivity contribution is 7.15. The van der Waals surface area contributed by atoms with Crippen molar-refractivity contribution in [2.24, 2.45) is 5.92 Å². The molecule has 31 heavy (non-hydrogen) atoms. The zero-order valence-electron chi connectivity index (χ0n) is 18.4. The molecule has 2 aliphatic rings. The fourth-order valence-electron chi connectivity index (χ4n) is 4.72. The van der Waals surface area contributed by atoms with E-state index in [1.54, 1.807) is 7.11 Å². The number of hydrogen-bond donors (Lipinski definition) is 1. The highest BCUT2D eigenvalue weighted by Crippen LogP contribution is 2.43. The predicted molar refractivity (Wildman–Crippen MR) is 128 cm³/mol. The van der Waals surface area contributed by atoms with Crippen LogP contribution in [-0.4, -0.2) is 23.6 Å². The van der Waals surface area contributed by atoms with Crippen molar-refractivity contribution in [3.63, 3.8) is 0 Å². The third kappa shape index (κ3) is 4.77. The van der Waals surface area contributed by atoms with E-state index in [4.69, 9.17) is 4.74 Å². The Kier molecular flexibility index (Phi) is 5.95. The summed E-state index contributed by atoms with van der Waals surface area (Å²) in [6, 6.07) is 10.9. The zero-order valence-corrected chi connectivity index (χ0v) is 19.3. The third-order valence-corrected chi connectivity index (χ3v) is 8.01. The molecular weight excluding hydrogens is 402 g/mol. The lowest BCUT2D eigenvalue weighted by molar-refractivity contribution is 0.338. The third-order valence-electron chi connectivity index (χ3n) is 6.80. The molecule has 0 amide bonds. The minimum atomic E-state index is 0.675. The van der Waals surface area contributed by atoms with Crippen LogP contribution < -0.4 is 10.1 Å². The van der Waals surface area contributed by atoms with Gasteiger partial charge in [-0.2, -0.15) is 0 Å². The number of aryl methyl sites for hydroxylation is 1. The van der Waals surface area contributed by atoms with Gasteiger partial charge in [-0.3, -0.25) is 0 Å². The molecule has 2 saturated carbocycles. The van der Waals surface area contributed by atoms with Gasteiger partial charge in [0.2, 0.25) is 0 Å².